The molecule has 4 saturated carbocycles. The zero-order chi connectivity index (χ0) is 31.4. The van der Waals surface area contributed by atoms with E-state index in [4.69, 9.17) is 0 Å². The Morgan fingerprint density at radius 3 is 1.94 bits per heavy atom. The molecule has 4 fully saturated rings. The molecule has 0 unspecified atom stereocenters. The van der Waals surface area contributed by atoms with Crippen molar-refractivity contribution in [3.63, 3.8) is 0 Å². The van der Waals surface area contributed by atoms with E-state index in [-0.39, 0.29) is 5.41 Å². The Labute approximate surface area is 286 Å². The highest BCUT2D eigenvalue weighted by Gasteiger charge is 2.61. The van der Waals surface area contributed by atoms with E-state index in [1.54, 1.807) is 11.1 Å². The van der Waals surface area contributed by atoms with E-state index in [0.29, 0.717) is 0 Å². The Kier molecular flexibility index (Phi) is 5.79. The zero-order valence-corrected chi connectivity index (χ0v) is 27.8. The average molecular weight is 636 g/mol. The van der Waals surface area contributed by atoms with Crippen LogP contribution in [0.25, 0.3) is 42.4 Å². The van der Waals surface area contributed by atoms with Gasteiger partial charge in [-0.2, -0.15) is 0 Å². The molecule has 7 aromatic rings. The summed E-state index contributed by atoms with van der Waals surface area (Å²) in [6.07, 6.45) is 7.12. The Balaban J connectivity index is 1.15. The van der Waals surface area contributed by atoms with Crippen molar-refractivity contribution in [3.8, 4) is 22.3 Å². The molecule has 5 aliphatic rings. The lowest BCUT2D eigenvalue weighted by Crippen LogP contribution is -2.55. The molecule has 1 nitrogen and oxygen atoms in total. The lowest BCUT2D eigenvalue weighted by molar-refractivity contribution is -0.0399. The van der Waals surface area contributed by atoms with Crippen LogP contribution in [0.15, 0.2) is 140 Å². The van der Waals surface area contributed by atoms with Crippen LogP contribution in [0, 0.1) is 23.7 Å². The van der Waals surface area contributed by atoms with Crippen LogP contribution >= 0.6 is 11.3 Å². The molecule has 2 heteroatoms. The zero-order valence-electron chi connectivity index (χ0n) is 27.0. The topological polar surface area (TPSA) is 3.24 Å². The number of hydrogen-bond donors (Lipinski definition) is 0. The van der Waals surface area contributed by atoms with Crippen LogP contribution in [0.2, 0.25) is 0 Å². The monoisotopic (exact) mass is 635 g/mol. The number of benzene rings is 6. The van der Waals surface area contributed by atoms with Crippen LogP contribution in [-0.4, -0.2) is 0 Å². The summed E-state index contributed by atoms with van der Waals surface area (Å²) in [5.74, 6) is 3.43. The van der Waals surface area contributed by atoms with E-state index >= 15 is 0 Å². The van der Waals surface area contributed by atoms with Gasteiger partial charge in [0.25, 0.3) is 0 Å². The second kappa shape index (κ2) is 10.2. The molecule has 1 aromatic heterocycles. The van der Waals surface area contributed by atoms with Crippen LogP contribution in [0.1, 0.15) is 43.2 Å². The first-order valence-electron chi connectivity index (χ1n) is 17.9. The third-order valence-corrected chi connectivity index (χ3v) is 13.8. The van der Waals surface area contributed by atoms with Gasteiger partial charge in [0.15, 0.2) is 0 Å². The summed E-state index contributed by atoms with van der Waals surface area (Å²) < 4.78 is 2.68. The third-order valence-electron chi connectivity index (χ3n) is 12.6. The molecule has 0 atom stereocenters. The van der Waals surface area contributed by atoms with E-state index in [2.05, 4.69) is 144 Å². The summed E-state index contributed by atoms with van der Waals surface area (Å²) in [5.41, 5.74) is 12.4. The smallest absolute Gasteiger partial charge is 0.0540 e. The van der Waals surface area contributed by atoms with Gasteiger partial charge in [-0.1, -0.05) is 97.1 Å². The van der Waals surface area contributed by atoms with E-state index in [1.807, 2.05) is 11.3 Å². The fourth-order valence-corrected chi connectivity index (χ4v) is 12.2. The lowest BCUT2D eigenvalue weighted by Gasteiger charge is -2.61. The summed E-state index contributed by atoms with van der Waals surface area (Å²) >= 11 is 1.89. The number of anilines is 3. The van der Waals surface area contributed by atoms with Crippen LogP contribution in [-0.2, 0) is 5.41 Å². The van der Waals surface area contributed by atoms with Gasteiger partial charge >= 0.3 is 0 Å². The average Bonchev–Trinajstić information content (AvgIpc) is 3.64. The molecule has 0 aliphatic heterocycles. The molecule has 232 valence electrons. The predicted molar refractivity (Wildman–Crippen MR) is 203 cm³/mol. The molecule has 48 heavy (non-hydrogen) atoms. The highest BCUT2D eigenvalue weighted by molar-refractivity contribution is 7.25. The Hall–Kier alpha value is -4.66. The fourth-order valence-electron chi connectivity index (χ4n) is 11.1. The number of rotatable bonds is 4. The Morgan fingerprint density at radius 2 is 1.10 bits per heavy atom. The summed E-state index contributed by atoms with van der Waals surface area (Å²) in [5, 5.41) is 2.66. The van der Waals surface area contributed by atoms with Crippen LogP contribution in [0.4, 0.5) is 17.1 Å². The summed E-state index contributed by atoms with van der Waals surface area (Å²) in [6.45, 7) is 0. The van der Waals surface area contributed by atoms with Gasteiger partial charge in [0.05, 0.1) is 5.69 Å². The molecule has 1 heterocycles. The van der Waals surface area contributed by atoms with Crippen molar-refractivity contribution < 1.29 is 0 Å². The van der Waals surface area contributed by atoms with Gasteiger partial charge in [0.1, 0.15) is 0 Å². The number of hydrogen-bond acceptors (Lipinski definition) is 2. The molecule has 12 rings (SSSR count). The maximum Gasteiger partial charge on any atom is 0.0540 e. The van der Waals surface area contributed by atoms with Crippen LogP contribution in [0.5, 0.6) is 0 Å². The molecular formula is C46H37NS. The van der Waals surface area contributed by atoms with Crippen molar-refractivity contribution in [2.45, 2.75) is 37.5 Å². The molecule has 0 radical (unpaired) electrons. The van der Waals surface area contributed by atoms with Gasteiger partial charge < -0.3 is 4.90 Å². The van der Waals surface area contributed by atoms with Crippen LogP contribution in [0.3, 0.4) is 0 Å². The van der Waals surface area contributed by atoms with Gasteiger partial charge in [-0.3, -0.25) is 0 Å². The summed E-state index contributed by atoms with van der Waals surface area (Å²) in [4.78, 5) is 2.53. The number of para-hydroxylation sites is 1. The highest BCUT2D eigenvalue weighted by Crippen LogP contribution is 2.69. The van der Waals surface area contributed by atoms with Gasteiger partial charge in [0, 0.05) is 42.5 Å². The second-order valence-electron chi connectivity index (χ2n) is 14.9. The van der Waals surface area contributed by atoms with Crippen molar-refractivity contribution in [3.05, 3.63) is 151 Å². The van der Waals surface area contributed by atoms with E-state index < -0.39 is 0 Å². The van der Waals surface area contributed by atoms with Gasteiger partial charge in [-0.05, 0) is 126 Å². The first-order valence-corrected chi connectivity index (χ1v) is 18.7. The van der Waals surface area contributed by atoms with Crippen molar-refractivity contribution in [2.75, 3.05) is 4.90 Å². The van der Waals surface area contributed by atoms with E-state index in [0.717, 1.165) is 23.7 Å². The number of thiophene rings is 1. The van der Waals surface area contributed by atoms with Gasteiger partial charge in [-0.15, -0.1) is 11.3 Å². The molecule has 0 amide bonds. The Bertz CT molecular complexity index is 2350. The largest absolute Gasteiger partial charge is 0.310 e. The molecule has 1 spiro atoms. The van der Waals surface area contributed by atoms with Crippen molar-refractivity contribution >= 4 is 48.6 Å². The first-order chi connectivity index (χ1) is 23.8. The summed E-state index contributed by atoms with van der Waals surface area (Å²) in [7, 11) is 0. The maximum atomic E-state index is 2.56. The summed E-state index contributed by atoms with van der Waals surface area (Å²) in [6, 6.07) is 52.8. The quantitative estimate of drug-likeness (QED) is 0.186. The molecule has 0 N–H and O–H groups in total. The first kappa shape index (κ1) is 27.3. The predicted octanol–water partition coefficient (Wildman–Crippen LogP) is 12.9. The SMILES string of the molecule is c1ccc(-c2ccccc2N(c2ccc3c(c2)-c2ccccc2C32C3CC4CC(C3)CC2C4)c2ccc3sc4ccccc4c3c2)cc1. The van der Waals surface area contributed by atoms with Crippen molar-refractivity contribution in [1.29, 1.82) is 0 Å². The molecule has 6 aromatic carbocycles. The lowest BCUT2D eigenvalue weighted by atomic mass is 9.43. The normalized spacial score (nSPS) is 24.8. The fraction of sp³-hybridized carbons (Fsp3) is 0.217. The standard InChI is InChI=1S/C46H37NS/c1-2-10-31(11-3-1)36-12-5-8-16-43(36)47(35-19-21-45-40(28-35)38-14-6-9-17-44(38)48-45)34-18-20-42-39(27-34)37-13-4-7-15-41(37)46(42)32-23-29-22-30(25-32)26-33(46)24-29/h1-21,27-30,32-33H,22-26H2. The van der Waals surface area contributed by atoms with Crippen molar-refractivity contribution in [2.24, 2.45) is 23.7 Å². The number of fused-ring (bicyclic) bond motifs is 6. The number of nitrogens with zero attached hydrogens (tertiary/aromatic N) is 1. The molecular weight excluding hydrogens is 599 g/mol. The Morgan fingerprint density at radius 1 is 0.479 bits per heavy atom. The second-order valence-corrected chi connectivity index (χ2v) is 16.0. The van der Waals surface area contributed by atoms with E-state index in [9.17, 15) is 0 Å². The molecule has 4 bridgehead atoms. The maximum absolute atomic E-state index is 2.56. The van der Waals surface area contributed by atoms with E-state index in [1.165, 1.54) is 91.6 Å². The van der Waals surface area contributed by atoms with Gasteiger partial charge in [-0.25, -0.2) is 0 Å². The third kappa shape index (κ3) is 3.73. The van der Waals surface area contributed by atoms with Crippen molar-refractivity contribution in [1.82, 2.24) is 0 Å². The van der Waals surface area contributed by atoms with Gasteiger partial charge in [0.2, 0.25) is 0 Å². The minimum absolute atomic E-state index is 0.180. The minimum Gasteiger partial charge on any atom is -0.310 e. The molecule has 5 aliphatic carbocycles. The highest BCUT2D eigenvalue weighted by atomic mass is 32.1. The minimum atomic E-state index is 0.180. The molecule has 0 saturated heterocycles. The van der Waals surface area contributed by atoms with Crippen LogP contribution < -0.4 is 4.90 Å².